The topological polar surface area (TPSA) is 30.7 Å². The second kappa shape index (κ2) is 1.93. The first kappa shape index (κ1) is 5.64. The molecule has 1 aliphatic rings. The number of nitrogens with zero attached hydrogens (tertiary/aromatic N) is 3. The zero-order valence-corrected chi connectivity index (χ0v) is 6.95. The second-order valence-corrected chi connectivity index (χ2v) is 3.34. The van der Waals surface area contributed by atoms with Gasteiger partial charge in [-0.25, -0.2) is 4.68 Å². The van der Waals surface area contributed by atoms with Gasteiger partial charge in [-0.05, 0) is 35.4 Å². The minimum atomic E-state index is 0.666. The van der Waals surface area contributed by atoms with Crippen LogP contribution in [0.5, 0.6) is 0 Å². The summed E-state index contributed by atoms with van der Waals surface area (Å²) in [6, 6.07) is 0.666. The van der Waals surface area contributed by atoms with Gasteiger partial charge in [0.05, 0.1) is 12.2 Å². The van der Waals surface area contributed by atoms with Crippen LogP contribution in [-0.4, -0.2) is 15.0 Å². The van der Waals surface area contributed by atoms with E-state index in [1.807, 2.05) is 4.68 Å². The third-order valence-electron chi connectivity index (χ3n) is 1.42. The van der Waals surface area contributed by atoms with E-state index in [1.165, 1.54) is 12.8 Å². The molecule has 0 bridgehead atoms. The van der Waals surface area contributed by atoms with Crippen LogP contribution in [0.2, 0.25) is 0 Å². The molecule has 0 aromatic carbocycles. The Labute approximate surface area is 66.6 Å². The molecule has 0 unspecified atom stereocenters. The van der Waals surface area contributed by atoms with E-state index in [9.17, 15) is 0 Å². The predicted octanol–water partition coefficient (Wildman–Crippen LogP) is 1.22. The maximum Gasteiger partial charge on any atom is 0.119 e. The fourth-order valence-electron chi connectivity index (χ4n) is 0.798. The molecule has 1 aromatic rings. The van der Waals surface area contributed by atoms with Crippen molar-refractivity contribution in [3.05, 3.63) is 9.90 Å². The van der Waals surface area contributed by atoms with Crippen LogP contribution in [0.15, 0.2) is 6.20 Å². The number of aromatic nitrogens is 3. The lowest BCUT2D eigenvalue weighted by atomic mass is 10.7. The van der Waals surface area contributed by atoms with Gasteiger partial charge in [0.15, 0.2) is 0 Å². The highest BCUT2D eigenvalue weighted by molar-refractivity contribution is 14.1. The Balaban J connectivity index is 2.35. The van der Waals surface area contributed by atoms with Gasteiger partial charge in [-0.1, -0.05) is 5.21 Å². The summed E-state index contributed by atoms with van der Waals surface area (Å²) in [5.74, 6) is 0. The fourth-order valence-corrected chi connectivity index (χ4v) is 1.41. The maximum absolute atomic E-state index is 3.94. The molecule has 0 atom stereocenters. The molecule has 1 aliphatic carbocycles. The Hall–Kier alpha value is -0.130. The molecule has 48 valence electrons. The molecule has 0 N–H and O–H groups in total. The third-order valence-corrected chi connectivity index (χ3v) is 2.20. The van der Waals surface area contributed by atoms with Crippen molar-refractivity contribution in [3.8, 4) is 0 Å². The molecule has 1 aromatic heterocycles. The average Bonchev–Trinajstić information content (AvgIpc) is 2.58. The molecule has 2 rings (SSSR count). The smallest absolute Gasteiger partial charge is 0.119 e. The highest BCUT2D eigenvalue weighted by atomic mass is 127. The molecular formula is C5H6IN3. The highest BCUT2D eigenvalue weighted by Crippen LogP contribution is 2.34. The summed E-state index contributed by atoms with van der Waals surface area (Å²) >= 11 is 2.25. The number of hydrogen-bond donors (Lipinski definition) is 0. The van der Waals surface area contributed by atoms with Crippen molar-refractivity contribution in [2.45, 2.75) is 18.9 Å². The lowest BCUT2D eigenvalue weighted by molar-refractivity contribution is 0.598. The molecule has 0 radical (unpaired) electrons. The van der Waals surface area contributed by atoms with Crippen LogP contribution < -0.4 is 0 Å². The van der Waals surface area contributed by atoms with Gasteiger partial charge in [0, 0.05) is 0 Å². The van der Waals surface area contributed by atoms with Crippen LogP contribution in [0.4, 0.5) is 0 Å². The first-order chi connectivity index (χ1) is 4.38. The quantitative estimate of drug-likeness (QED) is 0.685. The molecule has 1 heterocycles. The second-order valence-electron chi connectivity index (χ2n) is 2.23. The monoisotopic (exact) mass is 235 g/mol. The summed E-state index contributed by atoms with van der Waals surface area (Å²) in [5.41, 5.74) is 0. The molecule has 0 saturated heterocycles. The van der Waals surface area contributed by atoms with E-state index in [0.29, 0.717) is 6.04 Å². The van der Waals surface area contributed by atoms with Gasteiger partial charge in [-0.15, -0.1) is 5.10 Å². The number of rotatable bonds is 1. The van der Waals surface area contributed by atoms with E-state index in [4.69, 9.17) is 0 Å². The summed E-state index contributed by atoms with van der Waals surface area (Å²) in [7, 11) is 0. The summed E-state index contributed by atoms with van der Waals surface area (Å²) in [4.78, 5) is 0. The van der Waals surface area contributed by atoms with E-state index < -0.39 is 0 Å². The van der Waals surface area contributed by atoms with E-state index in [2.05, 4.69) is 32.9 Å². The first-order valence-corrected chi connectivity index (χ1v) is 4.01. The lowest BCUT2D eigenvalue weighted by Crippen LogP contribution is -1.97. The predicted molar refractivity (Wildman–Crippen MR) is 41.0 cm³/mol. The summed E-state index contributed by atoms with van der Waals surface area (Å²) in [6.45, 7) is 0. The summed E-state index contributed by atoms with van der Waals surface area (Å²) < 4.78 is 3.13. The van der Waals surface area contributed by atoms with Crippen LogP contribution in [0.3, 0.4) is 0 Å². The van der Waals surface area contributed by atoms with Gasteiger partial charge in [-0.3, -0.25) is 0 Å². The van der Waals surface area contributed by atoms with Gasteiger partial charge < -0.3 is 0 Å². The molecule has 9 heavy (non-hydrogen) atoms. The van der Waals surface area contributed by atoms with Gasteiger partial charge in [-0.2, -0.15) is 0 Å². The minimum absolute atomic E-state index is 0.666. The molecule has 3 nitrogen and oxygen atoms in total. The molecule has 1 fully saturated rings. The van der Waals surface area contributed by atoms with Crippen molar-refractivity contribution in [1.29, 1.82) is 0 Å². The fraction of sp³-hybridized carbons (Fsp3) is 0.600. The number of hydrogen-bond acceptors (Lipinski definition) is 2. The van der Waals surface area contributed by atoms with Crippen molar-refractivity contribution < 1.29 is 0 Å². The third kappa shape index (κ3) is 0.953. The molecule has 0 amide bonds. The summed E-state index contributed by atoms with van der Waals surface area (Å²) in [6.07, 6.45) is 4.34. The van der Waals surface area contributed by atoms with Crippen molar-refractivity contribution in [1.82, 2.24) is 15.0 Å². The minimum Gasteiger partial charge on any atom is -0.236 e. The Morgan fingerprint density at radius 2 is 2.44 bits per heavy atom. The van der Waals surface area contributed by atoms with E-state index in [-0.39, 0.29) is 0 Å². The maximum atomic E-state index is 3.94. The van der Waals surface area contributed by atoms with Crippen LogP contribution >= 0.6 is 22.6 Å². The average molecular weight is 235 g/mol. The molecular weight excluding hydrogens is 229 g/mol. The Kier molecular flexibility index (Phi) is 1.21. The Morgan fingerprint density at radius 1 is 1.67 bits per heavy atom. The lowest BCUT2D eigenvalue weighted by Gasteiger charge is -1.93. The van der Waals surface area contributed by atoms with Crippen molar-refractivity contribution in [2.75, 3.05) is 0 Å². The standard InChI is InChI=1S/C5H6IN3/c6-5-3-7-8-9(5)4-1-2-4/h3-4H,1-2H2. The highest BCUT2D eigenvalue weighted by Gasteiger charge is 2.25. The van der Waals surface area contributed by atoms with Crippen molar-refractivity contribution in [2.24, 2.45) is 0 Å². The van der Waals surface area contributed by atoms with Gasteiger partial charge in [0.25, 0.3) is 0 Å². The number of halogens is 1. The van der Waals surface area contributed by atoms with Crippen LogP contribution in [0.1, 0.15) is 18.9 Å². The normalized spacial score (nSPS) is 18.3. The van der Waals surface area contributed by atoms with Crippen LogP contribution in [-0.2, 0) is 0 Å². The van der Waals surface area contributed by atoms with Gasteiger partial charge in [0.1, 0.15) is 3.70 Å². The molecule has 4 heteroatoms. The van der Waals surface area contributed by atoms with E-state index in [1.54, 1.807) is 6.20 Å². The van der Waals surface area contributed by atoms with Crippen LogP contribution in [0.25, 0.3) is 0 Å². The SMILES string of the molecule is Ic1cnnn1C1CC1. The van der Waals surface area contributed by atoms with Gasteiger partial charge >= 0.3 is 0 Å². The van der Waals surface area contributed by atoms with Crippen molar-refractivity contribution in [3.63, 3.8) is 0 Å². The Morgan fingerprint density at radius 3 is 2.89 bits per heavy atom. The zero-order valence-electron chi connectivity index (χ0n) is 4.79. The zero-order chi connectivity index (χ0) is 6.27. The summed E-state index contributed by atoms with van der Waals surface area (Å²) in [5, 5.41) is 7.73. The largest absolute Gasteiger partial charge is 0.236 e. The molecule has 0 aliphatic heterocycles. The first-order valence-electron chi connectivity index (χ1n) is 2.93. The molecule has 0 spiro atoms. The van der Waals surface area contributed by atoms with Crippen LogP contribution in [0, 0.1) is 3.70 Å². The van der Waals surface area contributed by atoms with Crippen molar-refractivity contribution >= 4 is 22.6 Å². The van der Waals surface area contributed by atoms with E-state index >= 15 is 0 Å². The Bertz CT molecular complexity index is 216. The molecule has 1 saturated carbocycles. The van der Waals surface area contributed by atoms with E-state index in [0.717, 1.165) is 3.70 Å². The van der Waals surface area contributed by atoms with Gasteiger partial charge in [0.2, 0.25) is 0 Å².